The molecule has 1 aliphatic rings. The Bertz CT molecular complexity index is 134. The molecule has 2 atom stereocenters. The summed E-state index contributed by atoms with van der Waals surface area (Å²) in [6, 6.07) is 0. The van der Waals surface area contributed by atoms with E-state index in [1.807, 2.05) is 0 Å². The molecule has 0 spiro atoms. The Kier molecular flexibility index (Phi) is 4.24. The smallest absolute Gasteiger partial charge is 0.0155 e. The first-order valence-corrected chi connectivity index (χ1v) is 5.91. The first-order valence-electron chi connectivity index (χ1n) is 5.91. The van der Waals surface area contributed by atoms with Crippen molar-refractivity contribution in [1.29, 1.82) is 0 Å². The molecule has 1 heteroatoms. The second-order valence-electron chi connectivity index (χ2n) is 5.02. The molecule has 1 saturated heterocycles. The lowest BCUT2D eigenvalue weighted by atomic mass is 9.85. The molecule has 0 radical (unpaired) electrons. The molecule has 0 bridgehead atoms. The van der Waals surface area contributed by atoms with Gasteiger partial charge in [-0.3, -0.25) is 0 Å². The molecule has 1 nitrogen and oxygen atoms in total. The van der Waals surface area contributed by atoms with Crippen LogP contribution in [0.25, 0.3) is 0 Å². The number of nitrogens with one attached hydrogen (secondary N) is 1. The van der Waals surface area contributed by atoms with Crippen molar-refractivity contribution in [2.75, 3.05) is 6.54 Å². The van der Waals surface area contributed by atoms with Crippen molar-refractivity contribution >= 4 is 0 Å². The lowest BCUT2D eigenvalue weighted by molar-refractivity contribution is 0.273. The molecule has 0 amide bonds. The number of rotatable bonds is 3. The van der Waals surface area contributed by atoms with Gasteiger partial charge in [0.1, 0.15) is 0 Å². The zero-order valence-electron chi connectivity index (χ0n) is 9.53. The van der Waals surface area contributed by atoms with Crippen LogP contribution in [-0.2, 0) is 0 Å². The Morgan fingerprint density at radius 1 is 1.31 bits per heavy atom. The van der Waals surface area contributed by atoms with E-state index in [0.29, 0.717) is 5.54 Å². The van der Waals surface area contributed by atoms with Gasteiger partial charge in [0.2, 0.25) is 0 Å². The van der Waals surface area contributed by atoms with Gasteiger partial charge in [-0.2, -0.15) is 0 Å². The minimum Gasteiger partial charge on any atom is -0.312 e. The van der Waals surface area contributed by atoms with Gasteiger partial charge in [0, 0.05) is 5.54 Å². The van der Waals surface area contributed by atoms with Crippen LogP contribution in [-0.4, -0.2) is 12.1 Å². The standard InChI is InChI=1S/C12H25N/c1-4-11(2)10-12(3)8-6-5-7-9-13-12/h11,13H,4-10H2,1-3H3. The fourth-order valence-corrected chi connectivity index (χ4v) is 2.38. The minimum atomic E-state index is 0.436. The zero-order chi connectivity index (χ0) is 9.73. The Morgan fingerprint density at radius 3 is 2.77 bits per heavy atom. The van der Waals surface area contributed by atoms with Crippen LogP contribution in [0.1, 0.15) is 59.3 Å². The highest BCUT2D eigenvalue weighted by Crippen LogP contribution is 2.26. The quantitative estimate of drug-likeness (QED) is 0.707. The van der Waals surface area contributed by atoms with E-state index in [9.17, 15) is 0 Å². The Hall–Kier alpha value is -0.0400. The molecule has 0 aromatic heterocycles. The second kappa shape index (κ2) is 4.99. The fourth-order valence-electron chi connectivity index (χ4n) is 2.38. The van der Waals surface area contributed by atoms with Crippen molar-refractivity contribution in [2.45, 2.75) is 64.8 Å². The molecule has 1 rings (SSSR count). The molecule has 1 heterocycles. The Labute approximate surface area is 83.3 Å². The molecule has 0 saturated carbocycles. The minimum absolute atomic E-state index is 0.436. The Morgan fingerprint density at radius 2 is 2.08 bits per heavy atom. The van der Waals surface area contributed by atoms with Gasteiger partial charge in [0.05, 0.1) is 0 Å². The summed E-state index contributed by atoms with van der Waals surface area (Å²) >= 11 is 0. The van der Waals surface area contributed by atoms with Gasteiger partial charge < -0.3 is 5.32 Å². The third-order valence-electron chi connectivity index (χ3n) is 3.45. The summed E-state index contributed by atoms with van der Waals surface area (Å²) in [5, 5.41) is 3.72. The van der Waals surface area contributed by atoms with Crippen molar-refractivity contribution < 1.29 is 0 Å². The zero-order valence-corrected chi connectivity index (χ0v) is 9.53. The number of hydrogen-bond acceptors (Lipinski definition) is 1. The van der Waals surface area contributed by atoms with E-state index >= 15 is 0 Å². The van der Waals surface area contributed by atoms with Crippen molar-refractivity contribution in [3.63, 3.8) is 0 Å². The largest absolute Gasteiger partial charge is 0.312 e. The van der Waals surface area contributed by atoms with Crippen LogP contribution in [0.5, 0.6) is 0 Å². The van der Waals surface area contributed by atoms with Gasteiger partial charge in [-0.1, -0.05) is 33.1 Å². The van der Waals surface area contributed by atoms with Crippen LogP contribution in [0.2, 0.25) is 0 Å². The summed E-state index contributed by atoms with van der Waals surface area (Å²) in [5.41, 5.74) is 0.436. The molecule has 0 aromatic carbocycles. The first-order chi connectivity index (χ1) is 6.16. The van der Waals surface area contributed by atoms with Crippen LogP contribution < -0.4 is 5.32 Å². The van der Waals surface area contributed by atoms with E-state index in [4.69, 9.17) is 0 Å². The third-order valence-corrected chi connectivity index (χ3v) is 3.45. The summed E-state index contributed by atoms with van der Waals surface area (Å²) in [5.74, 6) is 0.871. The topological polar surface area (TPSA) is 12.0 Å². The Balaban J connectivity index is 2.41. The normalized spacial score (nSPS) is 32.5. The van der Waals surface area contributed by atoms with E-state index in [2.05, 4.69) is 26.1 Å². The van der Waals surface area contributed by atoms with Gasteiger partial charge in [-0.15, -0.1) is 0 Å². The third kappa shape index (κ3) is 3.68. The summed E-state index contributed by atoms with van der Waals surface area (Å²) in [6.45, 7) is 8.31. The summed E-state index contributed by atoms with van der Waals surface area (Å²) in [7, 11) is 0. The molecule has 13 heavy (non-hydrogen) atoms. The van der Waals surface area contributed by atoms with E-state index in [1.54, 1.807) is 0 Å². The maximum absolute atomic E-state index is 3.72. The number of hydrogen-bond donors (Lipinski definition) is 1. The first kappa shape index (κ1) is 11.0. The van der Waals surface area contributed by atoms with Gasteiger partial charge >= 0.3 is 0 Å². The predicted molar refractivity (Wildman–Crippen MR) is 58.9 cm³/mol. The maximum atomic E-state index is 3.72. The highest BCUT2D eigenvalue weighted by Gasteiger charge is 2.26. The van der Waals surface area contributed by atoms with E-state index in [0.717, 1.165) is 5.92 Å². The van der Waals surface area contributed by atoms with Crippen LogP contribution in [0.4, 0.5) is 0 Å². The van der Waals surface area contributed by atoms with Gasteiger partial charge in [-0.05, 0) is 38.6 Å². The van der Waals surface area contributed by atoms with E-state index in [1.165, 1.54) is 45.1 Å². The lowest BCUT2D eigenvalue weighted by Crippen LogP contribution is -2.42. The van der Waals surface area contributed by atoms with Crippen molar-refractivity contribution in [2.24, 2.45) is 5.92 Å². The second-order valence-corrected chi connectivity index (χ2v) is 5.02. The van der Waals surface area contributed by atoms with Crippen LogP contribution in [0, 0.1) is 5.92 Å². The van der Waals surface area contributed by atoms with Crippen molar-refractivity contribution in [1.82, 2.24) is 5.32 Å². The fraction of sp³-hybridized carbons (Fsp3) is 1.00. The molecule has 0 aliphatic carbocycles. The highest BCUT2D eigenvalue weighted by molar-refractivity contribution is 4.86. The van der Waals surface area contributed by atoms with E-state index < -0.39 is 0 Å². The SMILES string of the molecule is CCC(C)CC1(C)CCCCCN1. The maximum Gasteiger partial charge on any atom is 0.0155 e. The summed E-state index contributed by atoms with van der Waals surface area (Å²) in [4.78, 5) is 0. The highest BCUT2D eigenvalue weighted by atomic mass is 15.0. The van der Waals surface area contributed by atoms with Crippen molar-refractivity contribution in [3.8, 4) is 0 Å². The van der Waals surface area contributed by atoms with Gasteiger partial charge in [0.15, 0.2) is 0 Å². The van der Waals surface area contributed by atoms with Gasteiger partial charge in [-0.25, -0.2) is 0 Å². The summed E-state index contributed by atoms with van der Waals surface area (Å²) in [6.07, 6.45) is 8.25. The van der Waals surface area contributed by atoms with Crippen molar-refractivity contribution in [3.05, 3.63) is 0 Å². The lowest BCUT2D eigenvalue weighted by Gasteiger charge is -2.32. The summed E-state index contributed by atoms with van der Waals surface area (Å²) < 4.78 is 0. The van der Waals surface area contributed by atoms with Crippen LogP contribution in [0.15, 0.2) is 0 Å². The molecule has 78 valence electrons. The molecule has 0 aromatic rings. The molecular weight excluding hydrogens is 158 g/mol. The predicted octanol–water partition coefficient (Wildman–Crippen LogP) is 3.34. The average molecular weight is 183 g/mol. The van der Waals surface area contributed by atoms with Crippen LogP contribution in [0.3, 0.4) is 0 Å². The monoisotopic (exact) mass is 183 g/mol. The molecule has 1 N–H and O–H groups in total. The van der Waals surface area contributed by atoms with E-state index in [-0.39, 0.29) is 0 Å². The molecule has 1 fully saturated rings. The molecule has 1 aliphatic heterocycles. The van der Waals surface area contributed by atoms with Gasteiger partial charge in [0.25, 0.3) is 0 Å². The molecule has 2 unspecified atom stereocenters. The average Bonchev–Trinajstić information content (AvgIpc) is 2.30. The molecular formula is C12H25N. The van der Waals surface area contributed by atoms with Crippen LogP contribution >= 0.6 is 0 Å².